The van der Waals surface area contributed by atoms with Gasteiger partial charge in [-0.1, -0.05) is 31.5 Å². The molecule has 0 amide bonds. The summed E-state index contributed by atoms with van der Waals surface area (Å²) >= 11 is 5.73. The summed E-state index contributed by atoms with van der Waals surface area (Å²) < 4.78 is 13.0. The summed E-state index contributed by atoms with van der Waals surface area (Å²) in [5.41, 5.74) is 7.53. The lowest BCUT2D eigenvalue weighted by molar-refractivity contribution is 0.476. The van der Waals surface area contributed by atoms with Crippen molar-refractivity contribution in [3.05, 3.63) is 34.6 Å². The summed E-state index contributed by atoms with van der Waals surface area (Å²) in [5, 5.41) is 0.180. The first-order chi connectivity index (χ1) is 7.40. The first-order valence-electron chi connectivity index (χ1n) is 5.59. The standard InChI is InChI=1S/C13H17ClFN/c1-13(2)7-9(13)12(16)6-8-3-4-11(15)10(14)5-8/h3-5,9,12H,6-7,16H2,1-2H3. The fourth-order valence-electron chi connectivity index (χ4n) is 2.32. The highest BCUT2D eigenvalue weighted by molar-refractivity contribution is 6.30. The maximum atomic E-state index is 13.0. The molecule has 88 valence electrons. The lowest BCUT2D eigenvalue weighted by Crippen LogP contribution is -2.27. The van der Waals surface area contributed by atoms with Crippen molar-refractivity contribution in [3.8, 4) is 0 Å². The molecule has 1 aromatic rings. The van der Waals surface area contributed by atoms with Gasteiger partial charge in [0.15, 0.2) is 0 Å². The Kier molecular flexibility index (Phi) is 2.97. The molecule has 0 spiro atoms. The number of hydrogen-bond acceptors (Lipinski definition) is 1. The van der Waals surface area contributed by atoms with Crippen LogP contribution in [0.2, 0.25) is 5.02 Å². The molecule has 16 heavy (non-hydrogen) atoms. The maximum Gasteiger partial charge on any atom is 0.141 e. The van der Waals surface area contributed by atoms with Crippen molar-refractivity contribution in [3.63, 3.8) is 0 Å². The number of halogens is 2. The average Bonchev–Trinajstić information content (AvgIpc) is 2.82. The summed E-state index contributed by atoms with van der Waals surface area (Å²) in [6.45, 7) is 4.46. The van der Waals surface area contributed by atoms with E-state index in [1.54, 1.807) is 12.1 Å². The van der Waals surface area contributed by atoms with Crippen LogP contribution in [0.15, 0.2) is 18.2 Å². The molecule has 3 heteroatoms. The SMILES string of the molecule is CC1(C)CC1C(N)Cc1ccc(F)c(Cl)c1. The van der Waals surface area contributed by atoms with E-state index in [9.17, 15) is 4.39 Å². The van der Waals surface area contributed by atoms with E-state index in [-0.39, 0.29) is 16.9 Å². The molecule has 0 aromatic heterocycles. The summed E-state index contributed by atoms with van der Waals surface area (Å²) in [6.07, 6.45) is 1.96. The van der Waals surface area contributed by atoms with Crippen LogP contribution >= 0.6 is 11.6 Å². The van der Waals surface area contributed by atoms with Crippen LogP contribution in [-0.2, 0) is 6.42 Å². The van der Waals surface area contributed by atoms with Crippen LogP contribution in [-0.4, -0.2) is 6.04 Å². The third-order valence-electron chi connectivity index (χ3n) is 3.56. The van der Waals surface area contributed by atoms with Gasteiger partial charge in [-0.25, -0.2) is 4.39 Å². The molecular formula is C13H17ClFN. The van der Waals surface area contributed by atoms with Gasteiger partial charge in [-0.15, -0.1) is 0 Å². The zero-order chi connectivity index (χ0) is 11.9. The molecule has 0 radical (unpaired) electrons. The molecule has 1 nitrogen and oxygen atoms in total. The van der Waals surface area contributed by atoms with Crippen LogP contribution in [0.1, 0.15) is 25.8 Å². The summed E-state index contributed by atoms with van der Waals surface area (Å²) in [4.78, 5) is 0. The molecule has 2 rings (SSSR count). The monoisotopic (exact) mass is 241 g/mol. The molecule has 0 heterocycles. The second-order valence-electron chi connectivity index (χ2n) is 5.42. The van der Waals surface area contributed by atoms with Gasteiger partial charge in [0.2, 0.25) is 0 Å². The summed E-state index contributed by atoms with van der Waals surface area (Å²) in [5.74, 6) is 0.210. The van der Waals surface area contributed by atoms with Crippen LogP contribution in [0, 0.1) is 17.2 Å². The van der Waals surface area contributed by atoms with Crippen LogP contribution in [0.25, 0.3) is 0 Å². The largest absolute Gasteiger partial charge is 0.327 e. The van der Waals surface area contributed by atoms with Crippen molar-refractivity contribution in [2.24, 2.45) is 17.1 Å². The van der Waals surface area contributed by atoms with Gasteiger partial charge < -0.3 is 5.73 Å². The van der Waals surface area contributed by atoms with Crippen LogP contribution in [0.5, 0.6) is 0 Å². The van der Waals surface area contributed by atoms with Gasteiger partial charge in [-0.3, -0.25) is 0 Å². The van der Waals surface area contributed by atoms with E-state index in [0.717, 1.165) is 12.0 Å². The normalized spacial score (nSPS) is 24.2. The molecule has 0 aliphatic heterocycles. The first kappa shape index (κ1) is 11.9. The molecule has 0 saturated heterocycles. The van der Waals surface area contributed by atoms with Crippen LogP contribution < -0.4 is 5.73 Å². The van der Waals surface area contributed by atoms with Gasteiger partial charge in [0, 0.05) is 6.04 Å². The van der Waals surface area contributed by atoms with Gasteiger partial charge in [-0.05, 0) is 41.9 Å². The highest BCUT2D eigenvalue weighted by Gasteiger charge is 2.48. The van der Waals surface area contributed by atoms with E-state index >= 15 is 0 Å². The van der Waals surface area contributed by atoms with E-state index in [0.29, 0.717) is 11.3 Å². The van der Waals surface area contributed by atoms with Gasteiger partial charge in [-0.2, -0.15) is 0 Å². The number of rotatable bonds is 3. The zero-order valence-electron chi connectivity index (χ0n) is 9.63. The molecule has 1 saturated carbocycles. The van der Waals surface area contributed by atoms with Gasteiger partial charge >= 0.3 is 0 Å². The molecule has 0 bridgehead atoms. The Balaban J connectivity index is 2.02. The Morgan fingerprint density at radius 1 is 1.56 bits per heavy atom. The van der Waals surface area contributed by atoms with E-state index in [1.807, 2.05) is 0 Å². The van der Waals surface area contributed by atoms with E-state index in [4.69, 9.17) is 17.3 Å². The molecular weight excluding hydrogens is 225 g/mol. The smallest absolute Gasteiger partial charge is 0.141 e. The highest BCUT2D eigenvalue weighted by Crippen LogP contribution is 2.53. The second kappa shape index (κ2) is 4.01. The molecule has 1 aliphatic rings. The average molecular weight is 242 g/mol. The molecule has 1 fully saturated rings. The van der Waals surface area contributed by atoms with Crippen molar-refractivity contribution in [1.29, 1.82) is 0 Å². The van der Waals surface area contributed by atoms with E-state index in [2.05, 4.69) is 13.8 Å². The minimum Gasteiger partial charge on any atom is -0.327 e. The quantitative estimate of drug-likeness (QED) is 0.863. The minimum atomic E-state index is -0.370. The Labute approximate surface area is 101 Å². The molecule has 2 N–H and O–H groups in total. The molecule has 1 aliphatic carbocycles. The number of benzene rings is 1. The highest BCUT2D eigenvalue weighted by atomic mass is 35.5. The van der Waals surface area contributed by atoms with Crippen molar-refractivity contribution < 1.29 is 4.39 Å². The van der Waals surface area contributed by atoms with Crippen molar-refractivity contribution in [2.75, 3.05) is 0 Å². The second-order valence-corrected chi connectivity index (χ2v) is 5.82. The van der Waals surface area contributed by atoms with Crippen molar-refractivity contribution >= 4 is 11.6 Å². The third kappa shape index (κ3) is 2.38. The lowest BCUT2D eigenvalue weighted by Gasteiger charge is -2.13. The first-order valence-corrected chi connectivity index (χ1v) is 5.97. The van der Waals surface area contributed by atoms with Gasteiger partial charge in [0.1, 0.15) is 5.82 Å². The van der Waals surface area contributed by atoms with Crippen molar-refractivity contribution in [1.82, 2.24) is 0 Å². The maximum absolute atomic E-state index is 13.0. The minimum absolute atomic E-state index is 0.150. The Morgan fingerprint density at radius 3 is 2.69 bits per heavy atom. The fraction of sp³-hybridized carbons (Fsp3) is 0.538. The zero-order valence-corrected chi connectivity index (χ0v) is 10.4. The van der Waals surface area contributed by atoms with Gasteiger partial charge in [0.05, 0.1) is 5.02 Å². The third-order valence-corrected chi connectivity index (χ3v) is 3.85. The Morgan fingerprint density at radius 2 is 2.19 bits per heavy atom. The molecule has 1 aromatic carbocycles. The summed E-state index contributed by atoms with van der Waals surface area (Å²) in [6, 6.07) is 4.99. The Hall–Kier alpha value is -0.600. The topological polar surface area (TPSA) is 26.0 Å². The Bertz CT molecular complexity index is 403. The number of nitrogens with two attached hydrogens (primary N) is 1. The van der Waals surface area contributed by atoms with E-state index in [1.165, 1.54) is 12.5 Å². The van der Waals surface area contributed by atoms with Gasteiger partial charge in [0.25, 0.3) is 0 Å². The van der Waals surface area contributed by atoms with Crippen molar-refractivity contribution in [2.45, 2.75) is 32.7 Å². The summed E-state index contributed by atoms with van der Waals surface area (Å²) in [7, 11) is 0. The predicted molar refractivity (Wildman–Crippen MR) is 65.0 cm³/mol. The predicted octanol–water partition coefficient (Wildman–Crippen LogP) is 3.40. The van der Waals surface area contributed by atoms with Crippen LogP contribution in [0.4, 0.5) is 4.39 Å². The molecule has 2 atom stereocenters. The van der Waals surface area contributed by atoms with Crippen LogP contribution in [0.3, 0.4) is 0 Å². The fourth-order valence-corrected chi connectivity index (χ4v) is 2.52. The lowest BCUT2D eigenvalue weighted by atomic mass is 9.98. The van der Waals surface area contributed by atoms with E-state index < -0.39 is 0 Å². The molecule has 2 unspecified atom stereocenters. The number of hydrogen-bond donors (Lipinski definition) is 1.